The first-order valence-electron chi connectivity index (χ1n) is 3.59. The van der Waals surface area contributed by atoms with E-state index in [1.165, 1.54) is 0 Å². The summed E-state index contributed by atoms with van der Waals surface area (Å²) in [6.45, 7) is 10.7. The van der Waals surface area contributed by atoms with E-state index in [0.29, 0.717) is 6.42 Å². The van der Waals surface area contributed by atoms with Crippen molar-refractivity contribution in [2.45, 2.75) is 26.4 Å². The molecule has 0 rings (SSSR count). The van der Waals surface area contributed by atoms with Crippen molar-refractivity contribution in [3.05, 3.63) is 24.8 Å². The third kappa shape index (κ3) is 3.61. The summed E-state index contributed by atoms with van der Waals surface area (Å²) >= 11 is 0. The fraction of sp³-hybridized carbons (Fsp3) is 0.444. The zero-order chi connectivity index (χ0) is 8.85. The van der Waals surface area contributed by atoms with Crippen LogP contribution in [0.4, 0.5) is 0 Å². The van der Waals surface area contributed by atoms with Crippen molar-refractivity contribution < 1.29 is 9.53 Å². The minimum Gasteiger partial charge on any atom is -0.454 e. The predicted octanol–water partition coefficient (Wildman–Crippen LogP) is 2.07. The SMILES string of the molecule is C=CC(OC(=O)CC)C(=C)C. The van der Waals surface area contributed by atoms with Crippen molar-refractivity contribution in [2.75, 3.05) is 0 Å². The van der Waals surface area contributed by atoms with E-state index >= 15 is 0 Å². The van der Waals surface area contributed by atoms with Gasteiger partial charge >= 0.3 is 5.97 Å². The molecule has 62 valence electrons. The van der Waals surface area contributed by atoms with E-state index in [1.54, 1.807) is 19.9 Å². The summed E-state index contributed by atoms with van der Waals surface area (Å²) in [7, 11) is 0. The number of carbonyl (C=O) groups is 1. The summed E-state index contributed by atoms with van der Waals surface area (Å²) in [4.78, 5) is 10.8. The Kier molecular flexibility index (Phi) is 4.27. The second-order valence-electron chi connectivity index (χ2n) is 2.35. The van der Waals surface area contributed by atoms with E-state index in [9.17, 15) is 4.79 Å². The van der Waals surface area contributed by atoms with Gasteiger partial charge in [0, 0.05) is 6.42 Å². The minimum atomic E-state index is -0.331. The van der Waals surface area contributed by atoms with Gasteiger partial charge in [-0.3, -0.25) is 4.79 Å². The largest absolute Gasteiger partial charge is 0.454 e. The fourth-order valence-electron chi connectivity index (χ4n) is 0.575. The van der Waals surface area contributed by atoms with Gasteiger partial charge in [-0.1, -0.05) is 20.1 Å². The maximum absolute atomic E-state index is 10.8. The van der Waals surface area contributed by atoms with Crippen LogP contribution in [0.1, 0.15) is 20.3 Å². The molecule has 0 aromatic heterocycles. The standard InChI is InChI=1S/C9H14O2/c1-5-8(7(3)4)11-9(10)6-2/h5,8H,1,3,6H2,2,4H3. The highest BCUT2D eigenvalue weighted by Gasteiger charge is 2.08. The van der Waals surface area contributed by atoms with Crippen molar-refractivity contribution in [3.63, 3.8) is 0 Å². The van der Waals surface area contributed by atoms with Gasteiger partial charge in [0.05, 0.1) is 0 Å². The van der Waals surface area contributed by atoms with Gasteiger partial charge in [0.25, 0.3) is 0 Å². The van der Waals surface area contributed by atoms with Crippen molar-refractivity contribution in [1.29, 1.82) is 0 Å². The van der Waals surface area contributed by atoms with Crippen LogP contribution in [0, 0.1) is 0 Å². The molecule has 0 saturated heterocycles. The van der Waals surface area contributed by atoms with E-state index in [4.69, 9.17) is 4.74 Å². The highest BCUT2D eigenvalue weighted by molar-refractivity contribution is 5.69. The molecule has 0 heterocycles. The van der Waals surface area contributed by atoms with Crippen molar-refractivity contribution in [3.8, 4) is 0 Å². The molecular weight excluding hydrogens is 140 g/mol. The summed E-state index contributed by atoms with van der Waals surface area (Å²) < 4.78 is 4.95. The quantitative estimate of drug-likeness (QED) is 0.457. The van der Waals surface area contributed by atoms with E-state index in [1.807, 2.05) is 0 Å². The van der Waals surface area contributed by atoms with E-state index in [2.05, 4.69) is 13.2 Å². The molecule has 0 aliphatic rings. The molecule has 0 amide bonds. The van der Waals surface area contributed by atoms with Gasteiger partial charge < -0.3 is 4.74 Å². The van der Waals surface area contributed by atoms with Crippen LogP contribution in [-0.2, 0) is 9.53 Å². The average molecular weight is 154 g/mol. The van der Waals surface area contributed by atoms with Crippen LogP contribution in [-0.4, -0.2) is 12.1 Å². The normalized spacial score (nSPS) is 11.8. The summed E-state index contributed by atoms with van der Waals surface area (Å²) in [5.74, 6) is -0.224. The maximum atomic E-state index is 10.8. The van der Waals surface area contributed by atoms with E-state index in [-0.39, 0.29) is 12.1 Å². The van der Waals surface area contributed by atoms with Crippen LogP contribution in [0.25, 0.3) is 0 Å². The summed E-state index contributed by atoms with van der Waals surface area (Å²) in [6.07, 6.45) is 1.62. The van der Waals surface area contributed by atoms with Crippen LogP contribution in [0.2, 0.25) is 0 Å². The number of carbonyl (C=O) groups excluding carboxylic acids is 1. The van der Waals surface area contributed by atoms with E-state index < -0.39 is 0 Å². The Labute approximate surface area is 67.6 Å². The first-order chi connectivity index (χ1) is 5.11. The minimum absolute atomic E-state index is 0.224. The van der Waals surface area contributed by atoms with Crippen molar-refractivity contribution in [2.24, 2.45) is 0 Å². The van der Waals surface area contributed by atoms with Gasteiger partial charge in [-0.15, -0.1) is 0 Å². The lowest BCUT2D eigenvalue weighted by Gasteiger charge is -2.12. The molecule has 0 aliphatic carbocycles. The zero-order valence-electron chi connectivity index (χ0n) is 7.09. The van der Waals surface area contributed by atoms with Crippen molar-refractivity contribution >= 4 is 5.97 Å². The summed E-state index contributed by atoms with van der Waals surface area (Å²) in [5, 5.41) is 0. The summed E-state index contributed by atoms with van der Waals surface area (Å²) in [6, 6.07) is 0. The molecule has 1 unspecified atom stereocenters. The molecule has 2 heteroatoms. The van der Waals surface area contributed by atoms with E-state index in [0.717, 1.165) is 5.57 Å². The molecule has 0 fully saturated rings. The van der Waals surface area contributed by atoms with Gasteiger partial charge in [0.1, 0.15) is 6.10 Å². The Morgan fingerprint density at radius 3 is 2.55 bits per heavy atom. The first-order valence-corrected chi connectivity index (χ1v) is 3.59. The molecule has 0 bridgehead atoms. The number of rotatable bonds is 4. The lowest BCUT2D eigenvalue weighted by atomic mass is 10.2. The molecule has 0 aromatic rings. The second kappa shape index (κ2) is 4.72. The van der Waals surface area contributed by atoms with Crippen LogP contribution < -0.4 is 0 Å². The lowest BCUT2D eigenvalue weighted by molar-refractivity contribution is -0.145. The second-order valence-corrected chi connectivity index (χ2v) is 2.35. The molecule has 11 heavy (non-hydrogen) atoms. The van der Waals surface area contributed by atoms with Gasteiger partial charge in [0.15, 0.2) is 0 Å². The Morgan fingerprint density at radius 1 is 1.73 bits per heavy atom. The van der Waals surface area contributed by atoms with Gasteiger partial charge in [0.2, 0.25) is 0 Å². The molecule has 0 spiro atoms. The van der Waals surface area contributed by atoms with Crippen LogP contribution in [0.3, 0.4) is 0 Å². The number of hydrogen-bond donors (Lipinski definition) is 0. The number of hydrogen-bond acceptors (Lipinski definition) is 2. The maximum Gasteiger partial charge on any atom is 0.306 e. The lowest BCUT2D eigenvalue weighted by Crippen LogP contribution is -2.15. The first kappa shape index (κ1) is 9.95. The van der Waals surface area contributed by atoms with Gasteiger partial charge in [-0.05, 0) is 18.6 Å². The smallest absolute Gasteiger partial charge is 0.306 e. The van der Waals surface area contributed by atoms with Crippen LogP contribution >= 0.6 is 0 Å². The van der Waals surface area contributed by atoms with Crippen LogP contribution in [0.5, 0.6) is 0 Å². The Hall–Kier alpha value is -1.05. The Bertz CT molecular complexity index is 170. The van der Waals surface area contributed by atoms with Gasteiger partial charge in [-0.25, -0.2) is 0 Å². The Morgan fingerprint density at radius 2 is 2.27 bits per heavy atom. The number of esters is 1. The molecule has 0 saturated carbocycles. The number of ether oxygens (including phenoxy) is 1. The fourth-order valence-corrected chi connectivity index (χ4v) is 0.575. The summed E-state index contributed by atoms with van der Waals surface area (Å²) in [5.41, 5.74) is 0.793. The molecule has 2 nitrogen and oxygen atoms in total. The third-order valence-electron chi connectivity index (χ3n) is 1.25. The predicted molar refractivity (Wildman–Crippen MR) is 45.2 cm³/mol. The highest BCUT2D eigenvalue weighted by Crippen LogP contribution is 2.05. The topological polar surface area (TPSA) is 26.3 Å². The third-order valence-corrected chi connectivity index (χ3v) is 1.25. The molecule has 0 aromatic carbocycles. The molecule has 1 atom stereocenters. The molecular formula is C9H14O2. The highest BCUT2D eigenvalue weighted by atomic mass is 16.5. The zero-order valence-corrected chi connectivity index (χ0v) is 7.09. The molecule has 0 aliphatic heterocycles. The monoisotopic (exact) mass is 154 g/mol. The Balaban J connectivity index is 3.98. The molecule has 0 N–H and O–H groups in total. The average Bonchev–Trinajstić information content (AvgIpc) is 1.99. The molecule has 0 radical (unpaired) electrons. The van der Waals surface area contributed by atoms with Crippen LogP contribution in [0.15, 0.2) is 24.8 Å². The van der Waals surface area contributed by atoms with Crippen molar-refractivity contribution in [1.82, 2.24) is 0 Å². The van der Waals surface area contributed by atoms with Gasteiger partial charge in [-0.2, -0.15) is 0 Å².